The first-order valence-electron chi connectivity index (χ1n) is 9.19. The van der Waals surface area contributed by atoms with Gasteiger partial charge < -0.3 is 20.4 Å². The van der Waals surface area contributed by atoms with Gasteiger partial charge in [0.25, 0.3) is 0 Å². The monoisotopic (exact) mass is 389 g/mol. The Morgan fingerprint density at radius 1 is 1.14 bits per heavy atom. The molecule has 2 aromatic rings. The Labute approximate surface area is 164 Å². The van der Waals surface area contributed by atoms with Gasteiger partial charge in [-0.05, 0) is 17.7 Å². The summed E-state index contributed by atoms with van der Waals surface area (Å²) in [5, 5.41) is 9.04. The summed E-state index contributed by atoms with van der Waals surface area (Å²) in [6, 6.07) is 5.90. The molecule has 3 N–H and O–H groups in total. The number of amides is 1. The Kier molecular flexibility index (Phi) is 7.54. The summed E-state index contributed by atoms with van der Waals surface area (Å²) in [5.74, 6) is 1.57. The van der Waals surface area contributed by atoms with Crippen molar-refractivity contribution >= 4 is 11.9 Å². The van der Waals surface area contributed by atoms with Crippen molar-refractivity contribution < 1.29 is 13.6 Å². The molecule has 28 heavy (non-hydrogen) atoms. The number of hydrogen-bond donors (Lipinski definition) is 3. The van der Waals surface area contributed by atoms with Crippen molar-refractivity contribution in [1.29, 1.82) is 0 Å². The predicted molar refractivity (Wildman–Crippen MR) is 107 cm³/mol. The van der Waals surface area contributed by atoms with Crippen molar-refractivity contribution in [2.24, 2.45) is 4.99 Å². The Balaban J connectivity index is 1.67. The lowest BCUT2D eigenvalue weighted by atomic mass is 9.94. The molecule has 2 rings (SSSR count). The molecule has 0 unspecified atom stereocenters. The fourth-order valence-electron chi connectivity index (χ4n) is 2.35. The molecule has 0 bridgehead atoms. The van der Waals surface area contributed by atoms with E-state index in [0.717, 1.165) is 11.3 Å². The molecule has 152 valence electrons. The highest BCUT2D eigenvalue weighted by atomic mass is 19.1. The molecule has 7 nitrogen and oxygen atoms in total. The van der Waals surface area contributed by atoms with Crippen molar-refractivity contribution in [3.8, 4) is 0 Å². The topological polar surface area (TPSA) is 91.5 Å². The van der Waals surface area contributed by atoms with Crippen LogP contribution in [0.1, 0.15) is 38.0 Å². The number of carbonyl (C=O) groups excluding carboxylic acids is 1. The summed E-state index contributed by atoms with van der Waals surface area (Å²) in [6.45, 7) is 7.55. The van der Waals surface area contributed by atoms with E-state index in [-0.39, 0.29) is 23.6 Å². The minimum Gasteiger partial charge on any atom is -0.443 e. The Morgan fingerprint density at radius 2 is 1.82 bits per heavy atom. The van der Waals surface area contributed by atoms with Crippen LogP contribution in [-0.2, 0) is 23.2 Å². The van der Waals surface area contributed by atoms with E-state index in [0.29, 0.717) is 31.5 Å². The van der Waals surface area contributed by atoms with Gasteiger partial charge in [0, 0.05) is 25.6 Å². The molecule has 0 fully saturated rings. The fraction of sp³-hybridized carbons (Fsp3) is 0.450. The summed E-state index contributed by atoms with van der Waals surface area (Å²) in [5.41, 5.74) is 0.682. The second-order valence-electron chi connectivity index (χ2n) is 7.37. The number of aromatic nitrogens is 1. The summed E-state index contributed by atoms with van der Waals surface area (Å²) in [4.78, 5) is 20.3. The zero-order valence-corrected chi connectivity index (χ0v) is 16.8. The molecular weight excluding hydrogens is 361 g/mol. The highest BCUT2D eigenvalue weighted by Crippen LogP contribution is 2.22. The number of hydrogen-bond acceptors (Lipinski definition) is 4. The van der Waals surface area contributed by atoms with Gasteiger partial charge >= 0.3 is 0 Å². The number of nitrogens with one attached hydrogen (secondary N) is 3. The lowest BCUT2D eigenvalue weighted by molar-refractivity contribution is -0.120. The number of benzene rings is 1. The predicted octanol–water partition coefficient (Wildman–Crippen LogP) is 2.14. The lowest BCUT2D eigenvalue weighted by Gasteiger charge is -2.13. The molecule has 1 aromatic carbocycles. The second kappa shape index (κ2) is 9.87. The van der Waals surface area contributed by atoms with Crippen LogP contribution >= 0.6 is 0 Å². The van der Waals surface area contributed by atoms with Gasteiger partial charge in [-0.3, -0.25) is 9.79 Å². The van der Waals surface area contributed by atoms with Gasteiger partial charge in [-0.2, -0.15) is 0 Å². The van der Waals surface area contributed by atoms with Crippen LogP contribution in [0.15, 0.2) is 39.9 Å². The molecule has 1 amide bonds. The molecule has 8 heteroatoms. The number of halogens is 1. The van der Waals surface area contributed by atoms with Crippen LogP contribution in [-0.4, -0.2) is 37.0 Å². The first-order valence-corrected chi connectivity index (χ1v) is 9.19. The SMILES string of the molecule is CN=C(NCCNC(=O)Cc1ccc(F)cc1)NCc1ncc(C(C)(C)C)o1. The largest absolute Gasteiger partial charge is 0.443 e. The smallest absolute Gasteiger partial charge is 0.224 e. The molecule has 1 heterocycles. The first kappa shape index (κ1) is 21.4. The van der Waals surface area contributed by atoms with Crippen molar-refractivity contribution in [3.05, 3.63) is 53.5 Å². The number of oxazole rings is 1. The van der Waals surface area contributed by atoms with Crippen LogP contribution in [0.4, 0.5) is 4.39 Å². The first-order chi connectivity index (χ1) is 13.3. The van der Waals surface area contributed by atoms with Crippen LogP contribution in [0, 0.1) is 5.82 Å². The number of guanidine groups is 1. The van der Waals surface area contributed by atoms with E-state index in [2.05, 4.69) is 46.7 Å². The van der Waals surface area contributed by atoms with E-state index in [1.807, 2.05) is 0 Å². The highest BCUT2D eigenvalue weighted by molar-refractivity contribution is 5.80. The summed E-state index contributed by atoms with van der Waals surface area (Å²) < 4.78 is 18.6. The molecule has 0 radical (unpaired) electrons. The summed E-state index contributed by atoms with van der Waals surface area (Å²) in [6.07, 6.45) is 1.96. The van der Waals surface area contributed by atoms with E-state index in [4.69, 9.17) is 4.42 Å². The molecule has 0 aliphatic heterocycles. The van der Waals surface area contributed by atoms with Crippen molar-refractivity contribution in [3.63, 3.8) is 0 Å². The third-order valence-corrected chi connectivity index (χ3v) is 3.94. The fourth-order valence-corrected chi connectivity index (χ4v) is 2.35. The van der Waals surface area contributed by atoms with Gasteiger partial charge in [-0.1, -0.05) is 32.9 Å². The molecule has 0 saturated heterocycles. The molecule has 0 aliphatic rings. The number of carbonyl (C=O) groups is 1. The van der Waals surface area contributed by atoms with E-state index in [9.17, 15) is 9.18 Å². The Hall–Kier alpha value is -2.90. The Bertz CT molecular complexity index is 794. The Morgan fingerprint density at radius 3 is 2.43 bits per heavy atom. The number of nitrogens with zero attached hydrogens (tertiary/aromatic N) is 2. The standard InChI is InChI=1S/C20H28FN5O2/c1-20(2,3)16-12-25-18(28-16)13-26-19(22-4)24-10-9-23-17(27)11-14-5-7-15(21)8-6-14/h5-8,12H,9-11,13H2,1-4H3,(H,23,27)(H2,22,24,26). The van der Waals surface area contributed by atoms with Gasteiger partial charge in [0.2, 0.25) is 11.8 Å². The minimum atomic E-state index is -0.313. The zero-order valence-electron chi connectivity index (χ0n) is 16.8. The highest BCUT2D eigenvalue weighted by Gasteiger charge is 2.19. The average molecular weight is 389 g/mol. The van der Waals surface area contributed by atoms with Crippen LogP contribution in [0.2, 0.25) is 0 Å². The van der Waals surface area contributed by atoms with Crippen LogP contribution in [0.3, 0.4) is 0 Å². The van der Waals surface area contributed by atoms with Gasteiger partial charge in [0.1, 0.15) is 11.6 Å². The number of aliphatic imine (C=N–C) groups is 1. The lowest BCUT2D eigenvalue weighted by Crippen LogP contribution is -2.41. The summed E-state index contributed by atoms with van der Waals surface area (Å²) in [7, 11) is 1.67. The second-order valence-corrected chi connectivity index (χ2v) is 7.37. The maximum Gasteiger partial charge on any atom is 0.224 e. The van der Waals surface area contributed by atoms with Crippen LogP contribution in [0.5, 0.6) is 0 Å². The maximum absolute atomic E-state index is 12.9. The van der Waals surface area contributed by atoms with E-state index < -0.39 is 0 Å². The average Bonchev–Trinajstić information content (AvgIpc) is 3.12. The number of rotatable bonds is 7. The molecule has 0 spiro atoms. The maximum atomic E-state index is 12.9. The van der Waals surface area contributed by atoms with Gasteiger partial charge in [0.15, 0.2) is 5.96 Å². The van der Waals surface area contributed by atoms with E-state index in [1.54, 1.807) is 25.4 Å². The molecule has 1 aromatic heterocycles. The minimum absolute atomic E-state index is 0.0860. The molecular formula is C20H28FN5O2. The van der Waals surface area contributed by atoms with Gasteiger partial charge in [0.05, 0.1) is 19.2 Å². The molecule has 0 atom stereocenters. The normalized spacial score (nSPS) is 12.0. The van der Waals surface area contributed by atoms with Crippen molar-refractivity contribution in [2.75, 3.05) is 20.1 Å². The molecule has 0 saturated carbocycles. The van der Waals surface area contributed by atoms with Crippen molar-refractivity contribution in [1.82, 2.24) is 20.9 Å². The van der Waals surface area contributed by atoms with Crippen LogP contribution < -0.4 is 16.0 Å². The van der Waals surface area contributed by atoms with Crippen molar-refractivity contribution in [2.45, 2.75) is 39.2 Å². The van der Waals surface area contributed by atoms with Crippen LogP contribution in [0.25, 0.3) is 0 Å². The summed E-state index contributed by atoms with van der Waals surface area (Å²) >= 11 is 0. The quantitative estimate of drug-likeness (QED) is 0.383. The zero-order chi connectivity index (χ0) is 20.6. The van der Waals surface area contributed by atoms with E-state index in [1.165, 1.54) is 12.1 Å². The van der Waals surface area contributed by atoms with Gasteiger partial charge in [-0.25, -0.2) is 9.37 Å². The van der Waals surface area contributed by atoms with Gasteiger partial charge in [-0.15, -0.1) is 0 Å². The third-order valence-electron chi connectivity index (χ3n) is 3.94. The third kappa shape index (κ3) is 7.02. The molecule has 0 aliphatic carbocycles. The van der Waals surface area contributed by atoms with E-state index >= 15 is 0 Å².